The second kappa shape index (κ2) is 10.3. The highest BCUT2D eigenvalue weighted by Gasteiger charge is 2.41. The largest absolute Gasteiger partial charge is 0.405 e. The van der Waals surface area contributed by atoms with E-state index in [2.05, 4.69) is 9.71 Å². The maximum Gasteiger partial charge on any atom is 0.405 e. The van der Waals surface area contributed by atoms with E-state index in [1.165, 1.54) is 18.2 Å². The molecule has 2 aromatic carbocycles. The molecule has 0 aromatic heterocycles. The fraction of sp³-hybridized carbons (Fsp3) is 0.286. The number of alkyl halides is 4. The molecule has 13 heteroatoms. The van der Waals surface area contributed by atoms with Crippen molar-refractivity contribution >= 4 is 64.3 Å². The highest BCUT2D eigenvalue weighted by Crippen LogP contribution is 2.50. The molecule has 0 bridgehead atoms. The van der Waals surface area contributed by atoms with Gasteiger partial charge in [0.15, 0.2) is 0 Å². The molecule has 34 heavy (non-hydrogen) atoms. The number of aryl methyl sites for hydroxylation is 1. The standard InChI is InChI=1S/C21H16Cl3F4N3O2S/c1-10-4-11(2-3-13(10)19(33)29-8-17(32)30-9-21(26,27)28)16-7-20(25,34-31-16)12-5-14(22)18(24)15(23)6-12/h2-6H,7-9H2,1H3,(H,29,33)(H,30,32). The summed E-state index contributed by atoms with van der Waals surface area (Å²) in [4.78, 5) is 23.8. The zero-order valence-electron chi connectivity index (χ0n) is 17.3. The van der Waals surface area contributed by atoms with Crippen molar-refractivity contribution in [1.29, 1.82) is 0 Å². The van der Waals surface area contributed by atoms with E-state index in [4.69, 9.17) is 34.8 Å². The van der Waals surface area contributed by atoms with Crippen molar-refractivity contribution in [2.45, 2.75) is 24.5 Å². The third kappa shape index (κ3) is 6.35. The molecule has 0 aliphatic carbocycles. The van der Waals surface area contributed by atoms with Crippen LogP contribution in [0, 0.1) is 6.92 Å². The Bertz CT molecular complexity index is 1150. The molecule has 0 saturated heterocycles. The lowest BCUT2D eigenvalue weighted by atomic mass is 9.97. The molecule has 0 saturated carbocycles. The normalized spacial score (nSPS) is 17.9. The number of hydrogen-bond acceptors (Lipinski definition) is 4. The van der Waals surface area contributed by atoms with Gasteiger partial charge in [0, 0.05) is 29.5 Å². The van der Waals surface area contributed by atoms with Crippen molar-refractivity contribution in [3.05, 3.63) is 67.7 Å². The second-order valence-corrected chi connectivity index (χ2v) is 9.60. The maximum absolute atomic E-state index is 15.6. The van der Waals surface area contributed by atoms with Gasteiger partial charge < -0.3 is 10.6 Å². The summed E-state index contributed by atoms with van der Waals surface area (Å²) in [5.74, 6) is -1.61. The van der Waals surface area contributed by atoms with E-state index in [1.54, 1.807) is 24.4 Å². The summed E-state index contributed by atoms with van der Waals surface area (Å²) in [5, 5.41) is 2.38. The zero-order valence-corrected chi connectivity index (χ0v) is 20.4. The molecular formula is C21H16Cl3F4N3O2S. The predicted octanol–water partition coefficient (Wildman–Crippen LogP) is 6.03. The molecule has 2 N–H and O–H groups in total. The summed E-state index contributed by atoms with van der Waals surface area (Å²) < 4.78 is 56.3. The van der Waals surface area contributed by atoms with Crippen LogP contribution in [-0.4, -0.2) is 36.8 Å². The smallest absolute Gasteiger partial charge is 0.345 e. The number of benzene rings is 2. The summed E-state index contributed by atoms with van der Waals surface area (Å²) >= 11 is 18.7. The van der Waals surface area contributed by atoms with Crippen molar-refractivity contribution in [2.24, 2.45) is 4.40 Å². The number of amides is 2. The van der Waals surface area contributed by atoms with Crippen LogP contribution in [0.15, 0.2) is 34.7 Å². The van der Waals surface area contributed by atoms with Gasteiger partial charge in [0.1, 0.15) is 6.54 Å². The SMILES string of the molecule is Cc1cc(C2=NSC(F)(c3cc(Cl)c(Cl)c(Cl)c3)C2)ccc1C(=O)NCC(=O)NCC(F)(F)F. The lowest BCUT2D eigenvalue weighted by Gasteiger charge is -2.19. The summed E-state index contributed by atoms with van der Waals surface area (Å²) in [6, 6.07) is 7.45. The number of carbonyl (C=O) groups is 2. The Hall–Kier alpha value is -2.01. The van der Waals surface area contributed by atoms with Gasteiger partial charge >= 0.3 is 6.18 Å². The second-order valence-electron chi connectivity index (χ2n) is 7.39. The third-order valence-electron chi connectivity index (χ3n) is 4.81. The van der Waals surface area contributed by atoms with Gasteiger partial charge in [-0.05, 0) is 42.3 Å². The number of rotatable bonds is 6. The van der Waals surface area contributed by atoms with E-state index >= 15 is 4.39 Å². The first-order valence-electron chi connectivity index (χ1n) is 9.61. The van der Waals surface area contributed by atoms with Crippen LogP contribution in [0.5, 0.6) is 0 Å². The van der Waals surface area contributed by atoms with Crippen molar-refractivity contribution in [2.75, 3.05) is 13.1 Å². The third-order valence-corrected chi connectivity index (χ3v) is 6.99. The summed E-state index contributed by atoms with van der Waals surface area (Å²) in [6.45, 7) is -0.470. The lowest BCUT2D eigenvalue weighted by Crippen LogP contribution is -2.41. The van der Waals surface area contributed by atoms with Crippen LogP contribution >= 0.6 is 46.8 Å². The number of carbonyl (C=O) groups excluding carboxylic acids is 2. The zero-order chi connectivity index (χ0) is 25.3. The Labute approximate surface area is 211 Å². The van der Waals surface area contributed by atoms with Crippen LogP contribution in [0.25, 0.3) is 0 Å². The minimum Gasteiger partial charge on any atom is -0.345 e. The quantitative estimate of drug-likeness (QED) is 0.259. The first kappa shape index (κ1) is 26.6. The van der Waals surface area contributed by atoms with E-state index in [0.29, 0.717) is 28.8 Å². The number of hydrogen-bond donors (Lipinski definition) is 2. The van der Waals surface area contributed by atoms with Gasteiger partial charge in [-0.2, -0.15) is 13.2 Å². The summed E-state index contributed by atoms with van der Waals surface area (Å²) in [5.41, 5.74) is 1.95. The van der Waals surface area contributed by atoms with E-state index in [9.17, 15) is 22.8 Å². The predicted molar refractivity (Wildman–Crippen MR) is 126 cm³/mol. The van der Waals surface area contributed by atoms with Crippen molar-refractivity contribution in [1.82, 2.24) is 10.6 Å². The van der Waals surface area contributed by atoms with Gasteiger partial charge in [-0.25, -0.2) is 8.79 Å². The molecule has 182 valence electrons. The van der Waals surface area contributed by atoms with Crippen LogP contribution in [0.4, 0.5) is 17.6 Å². The molecule has 5 nitrogen and oxygen atoms in total. The van der Waals surface area contributed by atoms with E-state index < -0.39 is 36.1 Å². The molecule has 0 fully saturated rings. The van der Waals surface area contributed by atoms with E-state index in [-0.39, 0.29) is 32.6 Å². The molecule has 2 aromatic rings. The van der Waals surface area contributed by atoms with Crippen LogP contribution in [0.2, 0.25) is 15.1 Å². The van der Waals surface area contributed by atoms with Gasteiger partial charge in [-0.3, -0.25) is 9.59 Å². The maximum atomic E-state index is 15.6. The van der Waals surface area contributed by atoms with E-state index in [0.717, 1.165) is 0 Å². The highest BCUT2D eigenvalue weighted by atomic mass is 35.5. The Morgan fingerprint density at radius 2 is 1.76 bits per heavy atom. The fourth-order valence-corrected chi connectivity index (χ4v) is 4.55. The Morgan fingerprint density at radius 3 is 2.35 bits per heavy atom. The van der Waals surface area contributed by atoms with Crippen molar-refractivity contribution in [3.63, 3.8) is 0 Å². The number of nitrogens with one attached hydrogen (secondary N) is 2. The number of nitrogens with zero attached hydrogens (tertiary/aromatic N) is 1. The highest BCUT2D eigenvalue weighted by molar-refractivity contribution is 7.99. The monoisotopic (exact) mass is 555 g/mol. The molecule has 0 spiro atoms. The van der Waals surface area contributed by atoms with Crippen LogP contribution in [0.3, 0.4) is 0 Å². The molecule has 1 atom stereocenters. The van der Waals surface area contributed by atoms with Gasteiger partial charge in [0.25, 0.3) is 5.91 Å². The molecule has 1 heterocycles. The topological polar surface area (TPSA) is 70.6 Å². The summed E-state index contributed by atoms with van der Waals surface area (Å²) in [7, 11) is 0. The Morgan fingerprint density at radius 1 is 1.12 bits per heavy atom. The fourth-order valence-electron chi connectivity index (χ4n) is 3.10. The molecule has 3 rings (SSSR count). The van der Waals surface area contributed by atoms with Crippen LogP contribution in [-0.2, 0) is 9.80 Å². The lowest BCUT2D eigenvalue weighted by molar-refractivity contribution is -0.137. The van der Waals surface area contributed by atoms with Crippen LogP contribution in [0.1, 0.15) is 33.5 Å². The molecule has 1 aliphatic rings. The molecular weight excluding hydrogens is 541 g/mol. The van der Waals surface area contributed by atoms with Crippen molar-refractivity contribution < 1.29 is 27.2 Å². The molecule has 2 amide bonds. The first-order chi connectivity index (χ1) is 15.8. The minimum absolute atomic E-state index is 0.0870. The number of halogens is 7. The van der Waals surface area contributed by atoms with E-state index in [1.807, 2.05) is 0 Å². The molecule has 1 unspecified atom stereocenters. The Kier molecular flexibility index (Phi) is 8.07. The summed E-state index contributed by atoms with van der Waals surface area (Å²) in [6.07, 6.45) is -4.63. The average Bonchev–Trinajstić information content (AvgIpc) is 3.16. The molecule has 1 aliphatic heterocycles. The van der Waals surface area contributed by atoms with Crippen molar-refractivity contribution in [3.8, 4) is 0 Å². The average molecular weight is 557 g/mol. The van der Waals surface area contributed by atoms with Gasteiger partial charge in [0.05, 0.1) is 27.3 Å². The molecule has 0 radical (unpaired) electrons. The minimum atomic E-state index is -4.55. The van der Waals surface area contributed by atoms with Gasteiger partial charge in [0.2, 0.25) is 10.9 Å². The van der Waals surface area contributed by atoms with Gasteiger partial charge in [-0.1, -0.05) is 40.9 Å². The first-order valence-corrected chi connectivity index (χ1v) is 11.5. The van der Waals surface area contributed by atoms with Gasteiger partial charge in [-0.15, -0.1) is 0 Å². The van der Waals surface area contributed by atoms with Crippen LogP contribution < -0.4 is 10.6 Å². The Balaban J connectivity index is 1.66.